The Morgan fingerprint density at radius 3 is 2.40 bits per heavy atom. The lowest BCUT2D eigenvalue weighted by Crippen LogP contribution is -2.35. The quantitative estimate of drug-likeness (QED) is 0.611. The highest BCUT2D eigenvalue weighted by molar-refractivity contribution is 5.93. The van der Waals surface area contributed by atoms with E-state index in [1.165, 1.54) is 6.42 Å². The molecule has 84 valence electrons. The summed E-state index contributed by atoms with van der Waals surface area (Å²) in [6, 6.07) is 0. The molecule has 3 heteroatoms. The van der Waals surface area contributed by atoms with Crippen molar-refractivity contribution < 1.29 is 9.53 Å². The van der Waals surface area contributed by atoms with Gasteiger partial charge in [-0.3, -0.25) is 4.79 Å². The van der Waals surface area contributed by atoms with Crippen LogP contribution < -0.4 is 0 Å². The molecule has 15 heavy (non-hydrogen) atoms. The highest BCUT2D eigenvalue weighted by Gasteiger charge is 2.16. The van der Waals surface area contributed by atoms with Crippen molar-refractivity contribution in [2.24, 2.45) is 0 Å². The number of hydrogen-bond acceptors (Lipinski definition) is 2. The van der Waals surface area contributed by atoms with Crippen LogP contribution in [0.15, 0.2) is 0 Å². The average molecular weight is 209 g/mol. The van der Waals surface area contributed by atoms with Crippen LogP contribution in [0.5, 0.6) is 0 Å². The van der Waals surface area contributed by atoms with Gasteiger partial charge >= 0.3 is 0 Å². The van der Waals surface area contributed by atoms with Crippen LogP contribution in [-0.2, 0) is 9.53 Å². The van der Waals surface area contributed by atoms with E-state index in [9.17, 15) is 4.79 Å². The first-order valence-electron chi connectivity index (χ1n) is 5.42. The number of hydrogen-bond donors (Lipinski definition) is 0. The number of carbonyl (C=O) groups excluding carboxylic acids is 1. The Morgan fingerprint density at radius 1 is 1.27 bits per heavy atom. The molecular weight excluding hydrogens is 190 g/mol. The van der Waals surface area contributed by atoms with E-state index < -0.39 is 5.60 Å². The summed E-state index contributed by atoms with van der Waals surface area (Å²) in [6.45, 7) is 5.40. The van der Waals surface area contributed by atoms with Crippen LogP contribution in [0.1, 0.15) is 33.1 Å². The van der Waals surface area contributed by atoms with Crippen molar-refractivity contribution in [3.8, 4) is 11.8 Å². The van der Waals surface area contributed by atoms with Crippen molar-refractivity contribution in [1.29, 1.82) is 0 Å². The third-order valence-electron chi connectivity index (χ3n) is 2.62. The molecule has 1 aliphatic heterocycles. The molecule has 3 nitrogen and oxygen atoms in total. The summed E-state index contributed by atoms with van der Waals surface area (Å²) in [7, 11) is 1.60. The fourth-order valence-electron chi connectivity index (χ4n) is 1.43. The summed E-state index contributed by atoms with van der Waals surface area (Å²) in [6.07, 6.45) is 3.42. The largest absolute Gasteiger partial charge is 0.366 e. The predicted octanol–water partition coefficient (Wildman–Crippen LogP) is 1.43. The van der Waals surface area contributed by atoms with Gasteiger partial charge in [0.15, 0.2) is 0 Å². The van der Waals surface area contributed by atoms with Gasteiger partial charge < -0.3 is 9.64 Å². The standard InChI is InChI=1S/C12H19NO2/c1-12(2,15-3)8-7-11(14)13-9-5-4-6-10-13/h4-6,9-10H2,1-3H3. The molecule has 0 N–H and O–H groups in total. The summed E-state index contributed by atoms with van der Waals surface area (Å²) >= 11 is 0. The number of rotatable bonds is 1. The first-order valence-corrected chi connectivity index (χ1v) is 5.42. The minimum Gasteiger partial charge on any atom is -0.366 e. The summed E-state index contributed by atoms with van der Waals surface area (Å²) in [4.78, 5) is 13.5. The van der Waals surface area contributed by atoms with E-state index in [2.05, 4.69) is 11.8 Å². The van der Waals surface area contributed by atoms with E-state index in [1.807, 2.05) is 18.7 Å². The molecule has 0 aromatic carbocycles. The fourth-order valence-corrected chi connectivity index (χ4v) is 1.43. The molecule has 0 saturated carbocycles. The summed E-state index contributed by atoms with van der Waals surface area (Å²) < 4.78 is 5.13. The monoisotopic (exact) mass is 209 g/mol. The van der Waals surface area contributed by atoms with Gasteiger partial charge in [0.2, 0.25) is 0 Å². The first-order chi connectivity index (χ1) is 7.05. The van der Waals surface area contributed by atoms with Crippen molar-refractivity contribution in [1.82, 2.24) is 4.90 Å². The molecule has 0 aromatic heterocycles. The molecule has 0 radical (unpaired) electrons. The van der Waals surface area contributed by atoms with Crippen LogP contribution in [0.2, 0.25) is 0 Å². The highest BCUT2D eigenvalue weighted by Crippen LogP contribution is 2.09. The van der Waals surface area contributed by atoms with Crippen LogP contribution in [0.25, 0.3) is 0 Å². The van der Waals surface area contributed by atoms with Gasteiger partial charge in [0.1, 0.15) is 5.60 Å². The van der Waals surface area contributed by atoms with Crippen molar-refractivity contribution in [3.63, 3.8) is 0 Å². The second kappa shape index (κ2) is 5.18. The second-order valence-electron chi connectivity index (χ2n) is 4.32. The maximum atomic E-state index is 11.7. The van der Waals surface area contributed by atoms with Crippen LogP contribution in [0.3, 0.4) is 0 Å². The zero-order valence-electron chi connectivity index (χ0n) is 9.80. The van der Waals surface area contributed by atoms with Gasteiger partial charge in [0, 0.05) is 20.2 Å². The Kier molecular flexibility index (Phi) is 4.16. The van der Waals surface area contributed by atoms with Crippen molar-refractivity contribution in [2.75, 3.05) is 20.2 Å². The lowest BCUT2D eigenvalue weighted by atomic mass is 10.1. The van der Waals surface area contributed by atoms with E-state index in [1.54, 1.807) is 7.11 Å². The van der Waals surface area contributed by atoms with E-state index in [0.717, 1.165) is 25.9 Å². The molecule has 1 saturated heterocycles. The highest BCUT2D eigenvalue weighted by atomic mass is 16.5. The number of likely N-dealkylation sites (tertiary alicyclic amines) is 1. The number of ether oxygens (including phenoxy) is 1. The second-order valence-corrected chi connectivity index (χ2v) is 4.32. The molecule has 1 amide bonds. The number of nitrogens with zero attached hydrogens (tertiary/aromatic N) is 1. The van der Waals surface area contributed by atoms with Gasteiger partial charge in [-0.15, -0.1) is 0 Å². The van der Waals surface area contributed by atoms with Gasteiger partial charge in [0.05, 0.1) is 0 Å². The molecule has 1 heterocycles. The van der Waals surface area contributed by atoms with E-state index >= 15 is 0 Å². The molecule has 0 atom stereocenters. The molecule has 1 rings (SSSR count). The summed E-state index contributed by atoms with van der Waals surface area (Å²) in [5.74, 6) is 5.43. The van der Waals surface area contributed by atoms with E-state index in [-0.39, 0.29) is 5.91 Å². The molecule has 0 aromatic rings. The normalized spacial score (nSPS) is 16.9. The smallest absolute Gasteiger partial charge is 0.298 e. The zero-order valence-corrected chi connectivity index (χ0v) is 9.80. The van der Waals surface area contributed by atoms with Crippen LogP contribution >= 0.6 is 0 Å². The lowest BCUT2D eigenvalue weighted by Gasteiger charge is -2.24. The van der Waals surface area contributed by atoms with E-state index in [0.29, 0.717) is 0 Å². The molecule has 0 unspecified atom stereocenters. The van der Waals surface area contributed by atoms with Gasteiger partial charge in [-0.2, -0.15) is 0 Å². The number of amides is 1. The van der Waals surface area contributed by atoms with Crippen molar-refractivity contribution >= 4 is 5.91 Å². The Hall–Kier alpha value is -1.01. The van der Waals surface area contributed by atoms with Gasteiger partial charge in [-0.1, -0.05) is 5.92 Å². The maximum absolute atomic E-state index is 11.7. The summed E-state index contributed by atoms with van der Waals surface area (Å²) in [5.41, 5.74) is -0.536. The maximum Gasteiger partial charge on any atom is 0.298 e. The lowest BCUT2D eigenvalue weighted by molar-refractivity contribution is -0.125. The first kappa shape index (κ1) is 12.1. The topological polar surface area (TPSA) is 29.5 Å². The third-order valence-corrected chi connectivity index (χ3v) is 2.62. The van der Waals surface area contributed by atoms with Gasteiger partial charge in [0.25, 0.3) is 5.91 Å². The Labute approximate surface area is 91.8 Å². The Morgan fingerprint density at radius 2 is 1.87 bits per heavy atom. The van der Waals surface area contributed by atoms with E-state index in [4.69, 9.17) is 4.74 Å². The van der Waals surface area contributed by atoms with Crippen LogP contribution in [-0.4, -0.2) is 36.6 Å². The molecule has 1 aliphatic rings. The predicted molar refractivity (Wildman–Crippen MR) is 59.3 cm³/mol. The Bertz CT molecular complexity index is 280. The molecular formula is C12H19NO2. The number of carbonyl (C=O) groups is 1. The number of piperidine rings is 1. The Balaban J connectivity index is 2.53. The molecule has 0 bridgehead atoms. The number of methoxy groups -OCH3 is 1. The summed E-state index contributed by atoms with van der Waals surface area (Å²) in [5, 5.41) is 0. The SMILES string of the molecule is COC(C)(C)C#CC(=O)N1CCCCC1. The molecule has 0 spiro atoms. The third kappa shape index (κ3) is 3.93. The van der Waals surface area contributed by atoms with Crippen molar-refractivity contribution in [2.45, 2.75) is 38.7 Å². The van der Waals surface area contributed by atoms with Crippen LogP contribution in [0, 0.1) is 11.8 Å². The van der Waals surface area contributed by atoms with Gasteiger partial charge in [-0.05, 0) is 39.0 Å². The minimum atomic E-state index is -0.536. The van der Waals surface area contributed by atoms with Crippen LogP contribution in [0.4, 0.5) is 0 Å². The zero-order chi connectivity index (χ0) is 11.3. The van der Waals surface area contributed by atoms with Gasteiger partial charge in [-0.25, -0.2) is 0 Å². The molecule has 1 fully saturated rings. The molecule has 0 aliphatic carbocycles. The van der Waals surface area contributed by atoms with Crippen molar-refractivity contribution in [3.05, 3.63) is 0 Å². The average Bonchev–Trinajstić information content (AvgIpc) is 2.27. The minimum absolute atomic E-state index is 0.0696. The fraction of sp³-hybridized carbons (Fsp3) is 0.750.